The maximum Gasteiger partial charge on any atom is 0.254 e. The number of aryl methyl sites for hydroxylation is 1. The minimum atomic E-state index is -3.47. The Hall–Kier alpha value is -0.920. The fraction of sp³-hybridized carbons (Fsp3) is 0.375. The number of likely N-dealkylation sites (N-methyl/N-ethyl adjacent to an activating group) is 1. The molecule has 2 N–H and O–H groups in total. The lowest BCUT2D eigenvalue weighted by atomic mass is 10.6. The predicted octanol–water partition coefficient (Wildman–Crippen LogP) is 0.840. The molecule has 15 heavy (non-hydrogen) atoms. The van der Waals surface area contributed by atoms with Crippen LogP contribution in [-0.2, 0) is 10.0 Å². The first kappa shape index (κ1) is 12.2. The molecule has 7 heteroatoms. The van der Waals surface area contributed by atoms with Gasteiger partial charge in [-0.05, 0) is 6.92 Å². The lowest BCUT2D eigenvalue weighted by Gasteiger charge is -2.13. The number of nitrogen functional groups attached to an aromatic ring is 1. The molecule has 0 amide bonds. The molecule has 0 radical (unpaired) electrons. The van der Waals surface area contributed by atoms with Crippen molar-refractivity contribution >= 4 is 26.5 Å². The Morgan fingerprint density at radius 3 is 2.67 bits per heavy atom. The van der Waals surface area contributed by atoms with Crippen molar-refractivity contribution in [3.8, 4) is 0 Å². The van der Waals surface area contributed by atoms with Crippen molar-refractivity contribution < 1.29 is 8.42 Å². The van der Waals surface area contributed by atoms with E-state index in [1.54, 1.807) is 6.92 Å². The van der Waals surface area contributed by atoms with E-state index >= 15 is 0 Å². The molecule has 0 spiro atoms. The molecule has 0 unspecified atom stereocenters. The van der Waals surface area contributed by atoms with E-state index in [0.717, 1.165) is 11.3 Å². The van der Waals surface area contributed by atoms with Gasteiger partial charge < -0.3 is 5.73 Å². The number of nitrogens with two attached hydrogens (primary N) is 1. The molecule has 0 bridgehead atoms. The van der Waals surface area contributed by atoms with E-state index in [-0.39, 0.29) is 15.9 Å². The minimum absolute atomic E-state index is 0.198. The van der Waals surface area contributed by atoms with Gasteiger partial charge in [0.05, 0.1) is 5.69 Å². The number of hydrogen-bond acceptors (Lipinski definition) is 5. The van der Waals surface area contributed by atoms with Crippen molar-refractivity contribution in [3.05, 3.63) is 18.3 Å². The quantitative estimate of drug-likeness (QED) is 0.800. The fourth-order valence-corrected chi connectivity index (χ4v) is 3.69. The second-order valence-corrected chi connectivity index (χ2v) is 6.27. The zero-order valence-electron chi connectivity index (χ0n) is 8.60. The summed E-state index contributed by atoms with van der Waals surface area (Å²) in [5.41, 5.74) is 5.89. The van der Waals surface area contributed by atoms with Gasteiger partial charge in [-0.15, -0.1) is 6.58 Å². The average molecular weight is 247 g/mol. The second-order valence-electron chi connectivity index (χ2n) is 3.00. The van der Waals surface area contributed by atoms with Gasteiger partial charge in [-0.25, -0.2) is 13.4 Å². The molecular formula is C8H13N3O2S2. The van der Waals surface area contributed by atoms with E-state index in [9.17, 15) is 8.42 Å². The average Bonchev–Trinajstić information content (AvgIpc) is 2.46. The Balaban J connectivity index is 3.16. The van der Waals surface area contributed by atoms with Crippen LogP contribution in [0.25, 0.3) is 0 Å². The highest BCUT2D eigenvalue weighted by molar-refractivity contribution is 7.91. The molecule has 0 atom stereocenters. The smallest absolute Gasteiger partial charge is 0.254 e. The van der Waals surface area contributed by atoms with Gasteiger partial charge in [-0.2, -0.15) is 4.31 Å². The second kappa shape index (κ2) is 4.30. The van der Waals surface area contributed by atoms with Gasteiger partial charge in [0, 0.05) is 13.6 Å². The molecule has 0 aliphatic rings. The van der Waals surface area contributed by atoms with Crippen LogP contribution in [-0.4, -0.2) is 31.3 Å². The molecule has 84 valence electrons. The number of nitrogens with zero attached hydrogens (tertiary/aromatic N) is 2. The van der Waals surface area contributed by atoms with Gasteiger partial charge in [0.1, 0.15) is 0 Å². The van der Waals surface area contributed by atoms with Gasteiger partial charge in [-0.3, -0.25) is 0 Å². The molecule has 0 aliphatic carbocycles. The topological polar surface area (TPSA) is 76.3 Å². The van der Waals surface area contributed by atoms with Crippen molar-refractivity contribution in [2.45, 2.75) is 11.1 Å². The molecule has 1 rings (SSSR count). The summed E-state index contributed by atoms with van der Waals surface area (Å²) in [6.45, 7) is 5.38. The zero-order chi connectivity index (χ0) is 11.6. The predicted molar refractivity (Wildman–Crippen MR) is 61.3 cm³/mol. The third kappa shape index (κ3) is 2.36. The lowest BCUT2D eigenvalue weighted by molar-refractivity contribution is 0.501. The van der Waals surface area contributed by atoms with Crippen molar-refractivity contribution in [2.24, 2.45) is 0 Å². The van der Waals surface area contributed by atoms with Crippen molar-refractivity contribution in [3.63, 3.8) is 0 Å². The standard InChI is InChI=1S/C8H13N3O2S2/c1-4-5-11(3)15(12,13)7-6(2)10-8(9)14-7/h4H,1,5H2,2-3H3,(H2,9,10). The summed E-state index contributed by atoms with van der Waals surface area (Å²) in [5.74, 6) is 0. The molecule has 1 aromatic heterocycles. The number of rotatable bonds is 4. The van der Waals surface area contributed by atoms with E-state index in [1.165, 1.54) is 17.4 Å². The summed E-state index contributed by atoms with van der Waals surface area (Å²) in [6.07, 6.45) is 1.53. The molecule has 1 heterocycles. The minimum Gasteiger partial charge on any atom is -0.375 e. The van der Waals surface area contributed by atoms with Gasteiger partial charge in [0.2, 0.25) is 0 Å². The molecule has 0 fully saturated rings. The summed E-state index contributed by atoms with van der Waals surface area (Å²) in [5, 5.41) is 0.262. The van der Waals surface area contributed by atoms with Crippen LogP contribution in [0.2, 0.25) is 0 Å². The number of anilines is 1. The van der Waals surface area contributed by atoms with E-state index in [1.807, 2.05) is 0 Å². The Morgan fingerprint density at radius 1 is 1.67 bits per heavy atom. The van der Waals surface area contributed by atoms with Crippen molar-refractivity contribution in [2.75, 3.05) is 19.3 Å². The third-order valence-corrected chi connectivity index (χ3v) is 5.20. The number of aromatic nitrogens is 1. The van der Waals surface area contributed by atoms with Crippen LogP contribution in [0.15, 0.2) is 16.9 Å². The molecule has 5 nitrogen and oxygen atoms in total. The first-order valence-electron chi connectivity index (χ1n) is 4.19. The van der Waals surface area contributed by atoms with Crippen LogP contribution in [0.4, 0.5) is 5.13 Å². The zero-order valence-corrected chi connectivity index (χ0v) is 10.2. The Kier molecular flexibility index (Phi) is 3.48. The summed E-state index contributed by atoms with van der Waals surface area (Å²) in [7, 11) is -1.98. The van der Waals surface area contributed by atoms with Crippen LogP contribution in [0, 0.1) is 6.92 Å². The number of thiazole rings is 1. The maximum atomic E-state index is 11.9. The van der Waals surface area contributed by atoms with Crippen LogP contribution in [0.5, 0.6) is 0 Å². The first-order chi connectivity index (χ1) is 6.89. The Morgan fingerprint density at radius 2 is 2.27 bits per heavy atom. The summed E-state index contributed by atoms with van der Waals surface area (Å²) in [6, 6.07) is 0. The highest BCUT2D eigenvalue weighted by Gasteiger charge is 2.25. The van der Waals surface area contributed by atoms with Crippen molar-refractivity contribution in [1.29, 1.82) is 0 Å². The van der Waals surface area contributed by atoms with E-state index in [4.69, 9.17) is 5.73 Å². The van der Waals surface area contributed by atoms with Gasteiger partial charge in [-0.1, -0.05) is 17.4 Å². The summed E-state index contributed by atoms with van der Waals surface area (Å²) < 4.78 is 25.3. The summed E-state index contributed by atoms with van der Waals surface area (Å²) in [4.78, 5) is 3.88. The maximum absolute atomic E-state index is 11.9. The SMILES string of the molecule is C=CCN(C)S(=O)(=O)c1sc(N)nc1C. The van der Waals surface area contributed by atoms with Crippen LogP contribution in [0.3, 0.4) is 0 Å². The molecule has 0 aliphatic heterocycles. The normalized spacial score (nSPS) is 11.9. The fourth-order valence-electron chi connectivity index (χ4n) is 1.06. The number of sulfonamides is 1. The first-order valence-corrected chi connectivity index (χ1v) is 6.45. The van der Waals surface area contributed by atoms with Crippen molar-refractivity contribution in [1.82, 2.24) is 9.29 Å². The molecule has 1 aromatic rings. The van der Waals surface area contributed by atoms with E-state index < -0.39 is 10.0 Å². The van der Waals surface area contributed by atoms with Gasteiger partial charge >= 0.3 is 0 Å². The highest BCUT2D eigenvalue weighted by Crippen LogP contribution is 2.27. The highest BCUT2D eigenvalue weighted by atomic mass is 32.2. The Labute approximate surface area is 93.3 Å². The molecule has 0 aromatic carbocycles. The van der Waals surface area contributed by atoms with Gasteiger partial charge in [0.25, 0.3) is 10.0 Å². The van der Waals surface area contributed by atoms with E-state index in [2.05, 4.69) is 11.6 Å². The largest absolute Gasteiger partial charge is 0.375 e. The van der Waals surface area contributed by atoms with E-state index in [0.29, 0.717) is 5.69 Å². The molecule has 0 saturated heterocycles. The third-order valence-electron chi connectivity index (χ3n) is 1.80. The van der Waals surface area contributed by atoms with Crippen LogP contribution in [0.1, 0.15) is 5.69 Å². The molecular weight excluding hydrogens is 234 g/mol. The monoisotopic (exact) mass is 247 g/mol. The summed E-state index contributed by atoms with van der Waals surface area (Å²) >= 11 is 0.978. The number of hydrogen-bond donors (Lipinski definition) is 1. The molecule has 0 saturated carbocycles. The Bertz CT molecular complexity index is 464. The van der Waals surface area contributed by atoms with Crippen LogP contribution >= 0.6 is 11.3 Å². The lowest BCUT2D eigenvalue weighted by Crippen LogP contribution is -2.26. The van der Waals surface area contributed by atoms with Crippen LogP contribution < -0.4 is 5.73 Å². The van der Waals surface area contributed by atoms with Gasteiger partial charge in [0.15, 0.2) is 9.34 Å².